The van der Waals surface area contributed by atoms with Gasteiger partial charge in [0.15, 0.2) is 5.69 Å². The molecule has 1 aliphatic rings. The van der Waals surface area contributed by atoms with Gasteiger partial charge in [-0.1, -0.05) is 12.1 Å². The number of hydrogen-bond acceptors (Lipinski definition) is 3. The Morgan fingerprint density at radius 1 is 1.23 bits per heavy atom. The van der Waals surface area contributed by atoms with Crippen LogP contribution in [0.15, 0.2) is 36.5 Å². The van der Waals surface area contributed by atoms with E-state index in [-0.39, 0.29) is 23.8 Å². The molecule has 0 aliphatic carbocycles. The van der Waals surface area contributed by atoms with Gasteiger partial charge in [-0.25, -0.2) is 9.07 Å². The Balaban J connectivity index is 1.82. The first kappa shape index (κ1) is 14.7. The van der Waals surface area contributed by atoms with Crippen LogP contribution in [0.3, 0.4) is 0 Å². The number of halogens is 1. The van der Waals surface area contributed by atoms with Crippen LogP contribution in [0.4, 0.5) is 4.39 Å². The van der Waals surface area contributed by atoms with Crippen molar-refractivity contribution >= 4 is 5.91 Å². The highest BCUT2D eigenvalue weighted by Gasteiger charge is 2.26. The number of benzene rings is 1. The molecule has 5 nitrogen and oxygen atoms in total. The van der Waals surface area contributed by atoms with Gasteiger partial charge in [-0.3, -0.25) is 4.79 Å². The Labute approximate surface area is 128 Å². The van der Waals surface area contributed by atoms with Crippen LogP contribution in [0.25, 0.3) is 5.69 Å². The van der Waals surface area contributed by atoms with Crippen LogP contribution < -0.4 is 5.32 Å². The molecule has 1 amide bonds. The Kier molecular flexibility index (Phi) is 3.94. The second-order valence-corrected chi connectivity index (χ2v) is 5.78. The molecule has 0 spiro atoms. The number of carbonyl (C=O) groups excluding carboxylic acids is 1. The van der Waals surface area contributed by atoms with E-state index in [1.807, 2.05) is 13.8 Å². The molecule has 1 saturated heterocycles. The maximum atomic E-state index is 13.8. The molecule has 1 aromatic heterocycles. The number of hydrogen-bond donors (Lipinski definition) is 1. The average molecular weight is 302 g/mol. The summed E-state index contributed by atoms with van der Waals surface area (Å²) in [6.07, 6.45) is 1.61. The van der Waals surface area contributed by atoms with E-state index in [1.165, 1.54) is 10.7 Å². The lowest BCUT2D eigenvalue weighted by Gasteiger charge is -2.35. The van der Waals surface area contributed by atoms with Gasteiger partial charge in [0, 0.05) is 31.4 Å². The lowest BCUT2D eigenvalue weighted by molar-refractivity contribution is 0.0667. The van der Waals surface area contributed by atoms with Gasteiger partial charge < -0.3 is 10.2 Å². The molecule has 1 aliphatic heterocycles. The zero-order valence-corrected chi connectivity index (χ0v) is 12.7. The van der Waals surface area contributed by atoms with Crippen molar-refractivity contribution in [3.05, 3.63) is 48.0 Å². The molecule has 3 rings (SSSR count). The number of carbonyl (C=O) groups is 1. The molecular formula is C16H19FN4O. The first-order valence-electron chi connectivity index (χ1n) is 7.40. The number of piperazine rings is 1. The third kappa shape index (κ3) is 2.87. The summed E-state index contributed by atoms with van der Waals surface area (Å²) in [5.74, 6) is -0.482. The molecule has 0 radical (unpaired) electrons. The molecule has 116 valence electrons. The fraction of sp³-hybridized carbons (Fsp3) is 0.375. The van der Waals surface area contributed by atoms with Crippen molar-refractivity contribution in [2.24, 2.45) is 0 Å². The maximum absolute atomic E-state index is 13.8. The van der Waals surface area contributed by atoms with Gasteiger partial charge in [-0.05, 0) is 32.0 Å². The van der Waals surface area contributed by atoms with Crippen LogP contribution in [0.5, 0.6) is 0 Å². The number of rotatable bonds is 2. The molecule has 0 bridgehead atoms. The van der Waals surface area contributed by atoms with Gasteiger partial charge in [-0.2, -0.15) is 5.10 Å². The number of nitrogens with one attached hydrogen (secondary N) is 1. The molecule has 2 aromatic rings. The molecule has 1 aromatic carbocycles. The van der Waals surface area contributed by atoms with Gasteiger partial charge in [0.25, 0.3) is 5.91 Å². The second-order valence-electron chi connectivity index (χ2n) is 5.78. The Morgan fingerprint density at radius 3 is 2.59 bits per heavy atom. The summed E-state index contributed by atoms with van der Waals surface area (Å²) in [6, 6.07) is 8.50. The summed E-state index contributed by atoms with van der Waals surface area (Å²) in [5, 5.41) is 7.62. The molecule has 22 heavy (non-hydrogen) atoms. The Hall–Kier alpha value is -2.21. The Bertz CT molecular complexity index is 674. The monoisotopic (exact) mass is 302 g/mol. The minimum absolute atomic E-state index is 0.115. The van der Waals surface area contributed by atoms with Gasteiger partial charge in [0.1, 0.15) is 11.5 Å². The lowest BCUT2D eigenvalue weighted by atomic mass is 10.1. The van der Waals surface area contributed by atoms with Crippen LogP contribution in [0, 0.1) is 5.82 Å². The number of amides is 1. The van der Waals surface area contributed by atoms with Crippen molar-refractivity contribution < 1.29 is 9.18 Å². The zero-order valence-electron chi connectivity index (χ0n) is 12.7. The largest absolute Gasteiger partial charge is 0.334 e. The number of aromatic nitrogens is 2. The molecular weight excluding hydrogens is 283 g/mol. The zero-order chi connectivity index (χ0) is 15.7. The smallest absolute Gasteiger partial charge is 0.274 e. The highest BCUT2D eigenvalue weighted by Crippen LogP contribution is 2.14. The van der Waals surface area contributed by atoms with Gasteiger partial charge >= 0.3 is 0 Å². The SMILES string of the molecule is C[C@H]1CN(C(=O)c2ccn(-c3ccccc3F)n2)C[C@H](C)N1. The molecule has 2 atom stereocenters. The first-order chi connectivity index (χ1) is 10.5. The number of nitrogens with zero attached hydrogens (tertiary/aromatic N) is 3. The third-order valence-corrected chi connectivity index (χ3v) is 3.75. The summed E-state index contributed by atoms with van der Waals surface area (Å²) in [6.45, 7) is 5.40. The normalized spacial score (nSPS) is 21.9. The van der Waals surface area contributed by atoms with E-state index in [0.29, 0.717) is 24.5 Å². The topological polar surface area (TPSA) is 50.2 Å². The standard InChI is InChI=1S/C16H19FN4O/c1-11-9-20(10-12(2)18-11)16(22)14-7-8-21(19-14)15-6-4-3-5-13(15)17/h3-8,11-12,18H,9-10H2,1-2H3/t11-,12-/m0/s1. The van der Waals surface area contributed by atoms with E-state index < -0.39 is 0 Å². The van der Waals surface area contributed by atoms with Crippen molar-refractivity contribution in [2.45, 2.75) is 25.9 Å². The quantitative estimate of drug-likeness (QED) is 0.921. The van der Waals surface area contributed by atoms with Crippen molar-refractivity contribution in [1.29, 1.82) is 0 Å². The van der Waals surface area contributed by atoms with E-state index >= 15 is 0 Å². The predicted octanol–water partition coefficient (Wildman–Crippen LogP) is 1.83. The highest BCUT2D eigenvalue weighted by atomic mass is 19.1. The average Bonchev–Trinajstić information content (AvgIpc) is 2.95. The maximum Gasteiger partial charge on any atom is 0.274 e. The van der Waals surface area contributed by atoms with Gasteiger partial charge in [-0.15, -0.1) is 0 Å². The van der Waals surface area contributed by atoms with Crippen molar-refractivity contribution in [2.75, 3.05) is 13.1 Å². The van der Waals surface area contributed by atoms with Crippen LogP contribution in [0.1, 0.15) is 24.3 Å². The summed E-state index contributed by atoms with van der Waals surface area (Å²) in [7, 11) is 0. The van der Waals surface area contributed by atoms with E-state index in [1.54, 1.807) is 35.4 Å². The minimum atomic E-state index is -0.367. The summed E-state index contributed by atoms with van der Waals surface area (Å²) in [5.41, 5.74) is 0.674. The number of para-hydroxylation sites is 1. The van der Waals surface area contributed by atoms with E-state index in [0.717, 1.165) is 0 Å². The van der Waals surface area contributed by atoms with Gasteiger partial charge in [0.05, 0.1) is 0 Å². The summed E-state index contributed by atoms with van der Waals surface area (Å²) >= 11 is 0. The van der Waals surface area contributed by atoms with Crippen LogP contribution in [-0.4, -0.2) is 45.8 Å². The Morgan fingerprint density at radius 2 is 1.91 bits per heavy atom. The minimum Gasteiger partial charge on any atom is -0.334 e. The van der Waals surface area contributed by atoms with Crippen LogP contribution in [0.2, 0.25) is 0 Å². The molecule has 6 heteroatoms. The predicted molar refractivity (Wildman–Crippen MR) is 81.5 cm³/mol. The fourth-order valence-corrected chi connectivity index (χ4v) is 2.86. The molecule has 2 heterocycles. The van der Waals surface area contributed by atoms with Crippen LogP contribution in [-0.2, 0) is 0 Å². The highest BCUT2D eigenvalue weighted by molar-refractivity contribution is 5.92. The van der Waals surface area contributed by atoms with Crippen molar-refractivity contribution in [3.8, 4) is 5.69 Å². The van der Waals surface area contributed by atoms with Crippen molar-refractivity contribution in [3.63, 3.8) is 0 Å². The third-order valence-electron chi connectivity index (χ3n) is 3.75. The molecule has 1 N–H and O–H groups in total. The molecule has 0 saturated carbocycles. The fourth-order valence-electron chi connectivity index (χ4n) is 2.86. The van der Waals surface area contributed by atoms with E-state index in [9.17, 15) is 9.18 Å². The second kappa shape index (κ2) is 5.88. The molecule has 0 unspecified atom stereocenters. The van der Waals surface area contributed by atoms with E-state index in [2.05, 4.69) is 10.4 Å². The van der Waals surface area contributed by atoms with Crippen LogP contribution >= 0.6 is 0 Å². The molecule has 1 fully saturated rings. The van der Waals surface area contributed by atoms with Crippen molar-refractivity contribution in [1.82, 2.24) is 20.0 Å². The summed E-state index contributed by atoms with van der Waals surface area (Å²) in [4.78, 5) is 14.3. The van der Waals surface area contributed by atoms with E-state index in [4.69, 9.17) is 0 Å². The summed E-state index contributed by atoms with van der Waals surface area (Å²) < 4.78 is 15.2. The lowest BCUT2D eigenvalue weighted by Crippen LogP contribution is -2.55. The first-order valence-corrected chi connectivity index (χ1v) is 7.40. The van der Waals surface area contributed by atoms with Gasteiger partial charge in [0.2, 0.25) is 0 Å².